The van der Waals surface area contributed by atoms with Gasteiger partial charge in [0.1, 0.15) is 4.90 Å². The maximum absolute atomic E-state index is 13.4. The molecule has 0 unspecified atom stereocenters. The van der Waals surface area contributed by atoms with E-state index in [1.165, 1.54) is 13.3 Å². The van der Waals surface area contributed by atoms with E-state index in [0.29, 0.717) is 31.4 Å². The van der Waals surface area contributed by atoms with Crippen molar-refractivity contribution in [3.63, 3.8) is 0 Å². The molecule has 2 aliphatic heterocycles. The van der Waals surface area contributed by atoms with Crippen LogP contribution >= 0.6 is 0 Å². The molecule has 1 N–H and O–H groups in total. The highest BCUT2D eigenvalue weighted by Crippen LogP contribution is 2.30. The Bertz CT molecular complexity index is 1450. The Morgan fingerprint density at radius 1 is 1.00 bits per heavy atom. The van der Waals surface area contributed by atoms with E-state index in [9.17, 15) is 8.42 Å². The summed E-state index contributed by atoms with van der Waals surface area (Å²) in [4.78, 5) is 18.1. The third-order valence-corrected chi connectivity index (χ3v) is 8.68. The smallest absolute Gasteiger partial charge is 0.267 e. The quantitative estimate of drug-likeness (QED) is 0.416. The summed E-state index contributed by atoms with van der Waals surface area (Å²) in [6.45, 7) is 10.6. The number of anilines is 1. The standard InChI is InChI=1S/C29H36N6O4S/c1-21(2)35-10-8-34(9-11-35)20-26-5-4-23(17-31-26)24-14-27(19-30-16-24)33-40(36,37)28-15-25(18-32-29(28)38-3)22-6-12-39-13-7-22/h4-6,14-19,21,33H,7-13,20H2,1-3H3. The van der Waals surface area contributed by atoms with Crippen LogP contribution in [0, 0.1) is 0 Å². The number of rotatable bonds is 9. The fourth-order valence-corrected chi connectivity index (χ4v) is 6.14. The predicted molar refractivity (Wildman–Crippen MR) is 154 cm³/mol. The van der Waals surface area contributed by atoms with Gasteiger partial charge in [-0.3, -0.25) is 24.5 Å². The molecule has 0 atom stereocenters. The lowest BCUT2D eigenvalue weighted by molar-refractivity contribution is 0.103. The Hall–Kier alpha value is -3.38. The summed E-state index contributed by atoms with van der Waals surface area (Å²) in [5.41, 5.74) is 4.68. The van der Waals surface area contributed by atoms with Crippen LogP contribution < -0.4 is 9.46 Å². The second-order valence-corrected chi connectivity index (χ2v) is 11.9. The molecule has 0 aliphatic carbocycles. The molecule has 11 heteroatoms. The largest absolute Gasteiger partial charge is 0.480 e. The van der Waals surface area contributed by atoms with E-state index in [0.717, 1.165) is 60.7 Å². The van der Waals surface area contributed by atoms with Crippen molar-refractivity contribution in [3.05, 3.63) is 66.4 Å². The van der Waals surface area contributed by atoms with Crippen LogP contribution in [0.25, 0.3) is 16.7 Å². The summed E-state index contributed by atoms with van der Waals surface area (Å²) in [5, 5.41) is 0. The van der Waals surface area contributed by atoms with Crippen LogP contribution in [-0.4, -0.2) is 85.7 Å². The molecule has 2 aliphatic rings. The zero-order valence-electron chi connectivity index (χ0n) is 23.2. The Kier molecular flexibility index (Phi) is 8.75. The van der Waals surface area contributed by atoms with Gasteiger partial charge in [-0.1, -0.05) is 12.1 Å². The zero-order valence-corrected chi connectivity index (χ0v) is 24.0. The van der Waals surface area contributed by atoms with Crippen molar-refractivity contribution >= 4 is 21.3 Å². The minimum Gasteiger partial charge on any atom is -0.480 e. The number of ether oxygens (including phenoxy) is 2. The van der Waals surface area contributed by atoms with Gasteiger partial charge in [0, 0.05) is 68.5 Å². The van der Waals surface area contributed by atoms with Gasteiger partial charge in [0.15, 0.2) is 0 Å². The molecule has 0 spiro atoms. The molecule has 40 heavy (non-hydrogen) atoms. The molecule has 212 valence electrons. The molecule has 1 fully saturated rings. The van der Waals surface area contributed by atoms with Gasteiger partial charge in [-0.2, -0.15) is 0 Å². The van der Waals surface area contributed by atoms with Gasteiger partial charge in [0.05, 0.1) is 37.9 Å². The van der Waals surface area contributed by atoms with E-state index < -0.39 is 10.0 Å². The predicted octanol–water partition coefficient (Wildman–Crippen LogP) is 3.68. The van der Waals surface area contributed by atoms with Crippen LogP contribution in [0.15, 0.2) is 60.0 Å². The molecule has 0 aromatic carbocycles. The summed E-state index contributed by atoms with van der Waals surface area (Å²) < 4.78 is 40.2. The van der Waals surface area contributed by atoms with E-state index in [1.54, 1.807) is 24.5 Å². The maximum atomic E-state index is 13.4. The van der Waals surface area contributed by atoms with Crippen molar-refractivity contribution < 1.29 is 17.9 Å². The van der Waals surface area contributed by atoms with Gasteiger partial charge in [0.2, 0.25) is 5.88 Å². The van der Waals surface area contributed by atoms with Crippen molar-refractivity contribution in [1.29, 1.82) is 0 Å². The summed E-state index contributed by atoms with van der Waals surface area (Å²) in [7, 11) is -2.61. The van der Waals surface area contributed by atoms with Crippen molar-refractivity contribution in [2.75, 3.05) is 51.2 Å². The number of nitrogens with zero attached hydrogens (tertiary/aromatic N) is 5. The Morgan fingerprint density at radius 3 is 2.48 bits per heavy atom. The highest BCUT2D eigenvalue weighted by atomic mass is 32.2. The van der Waals surface area contributed by atoms with Crippen molar-refractivity contribution in [2.45, 2.75) is 37.8 Å². The highest BCUT2D eigenvalue weighted by molar-refractivity contribution is 7.92. The average molecular weight is 565 g/mol. The average Bonchev–Trinajstić information content (AvgIpc) is 2.98. The molecule has 5 heterocycles. The first-order chi connectivity index (χ1) is 19.3. The normalized spacial score (nSPS) is 17.1. The Labute approximate surface area is 236 Å². The third kappa shape index (κ3) is 6.67. The van der Waals surface area contributed by atoms with Crippen LogP contribution in [-0.2, 0) is 21.3 Å². The Morgan fingerprint density at radius 2 is 1.80 bits per heavy atom. The first kappa shape index (κ1) is 28.2. The van der Waals surface area contributed by atoms with Crippen LogP contribution in [0.4, 0.5) is 5.69 Å². The molecule has 3 aromatic heterocycles. The second-order valence-electron chi connectivity index (χ2n) is 10.3. The minimum atomic E-state index is -4.01. The van der Waals surface area contributed by atoms with Crippen LogP contribution in [0.1, 0.15) is 31.5 Å². The number of piperazine rings is 1. The van der Waals surface area contributed by atoms with Crippen LogP contribution in [0.2, 0.25) is 0 Å². The third-order valence-electron chi connectivity index (χ3n) is 7.31. The topological polar surface area (TPSA) is 110 Å². The SMILES string of the molecule is COc1ncc(C2=CCOCC2)cc1S(=O)(=O)Nc1cncc(-c2ccc(CN3CCN(C(C)C)CC3)nc2)c1. The first-order valence-electron chi connectivity index (χ1n) is 13.5. The van der Waals surface area contributed by atoms with E-state index in [2.05, 4.69) is 43.3 Å². The molecule has 0 bridgehead atoms. The van der Waals surface area contributed by atoms with E-state index in [-0.39, 0.29) is 10.8 Å². The summed E-state index contributed by atoms with van der Waals surface area (Å²) >= 11 is 0. The number of aromatic nitrogens is 3. The number of hydrogen-bond acceptors (Lipinski definition) is 9. The van der Waals surface area contributed by atoms with Gasteiger partial charge >= 0.3 is 0 Å². The number of nitrogens with one attached hydrogen (secondary N) is 1. The lowest BCUT2D eigenvalue weighted by atomic mass is 10.0. The van der Waals surface area contributed by atoms with Crippen LogP contribution in [0.5, 0.6) is 5.88 Å². The van der Waals surface area contributed by atoms with E-state index >= 15 is 0 Å². The van der Waals surface area contributed by atoms with Gasteiger partial charge in [0.25, 0.3) is 10.0 Å². The van der Waals surface area contributed by atoms with Crippen molar-refractivity contribution in [2.24, 2.45) is 0 Å². The molecule has 5 rings (SSSR count). The van der Waals surface area contributed by atoms with Crippen LogP contribution in [0.3, 0.4) is 0 Å². The second kappa shape index (κ2) is 12.4. The fraction of sp³-hybridized carbons (Fsp3) is 0.414. The van der Waals surface area contributed by atoms with Crippen molar-refractivity contribution in [3.8, 4) is 17.0 Å². The van der Waals surface area contributed by atoms with Crippen molar-refractivity contribution in [1.82, 2.24) is 24.8 Å². The fourth-order valence-electron chi connectivity index (χ4n) is 4.96. The van der Waals surface area contributed by atoms with Gasteiger partial charge < -0.3 is 9.47 Å². The molecule has 0 saturated carbocycles. The van der Waals surface area contributed by atoms with Gasteiger partial charge in [-0.05, 0) is 49.6 Å². The number of hydrogen-bond donors (Lipinski definition) is 1. The van der Waals surface area contributed by atoms with E-state index in [1.807, 2.05) is 24.4 Å². The maximum Gasteiger partial charge on any atom is 0.267 e. The molecule has 3 aromatic rings. The van der Waals surface area contributed by atoms with Gasteiger partial charge in [-0.25, -0.2) is 13.4 Å². The lowest BCUT2D eigenvalue weighted by Crippen LogP contribution is -2.48. The zero-order chi connectivity index (χ0) is 28.1. The number of methoxy groups -OCH3 is 1. The summed E-state index contributed by atoms with van der Waals surface area (Å²) in [5.74, 6) is 0.0263. The lowest BCUT2D eigenvalue weighted by Gasteiger charge is -2.36. The monoisotopic (exact) mass is 564 g/mol. The molecule has 10 nitrogen and oxygen atoms in total. The summed E-state index contributed by atoms with van der Waals surface area (Å²) in [6, 6.07) is 7.94. The first-order valence-corrected chi connectivity index (χ1v) is 15.0. The van der Waals surface area contributed by atoms with Gasteiger partial charge in [-0.15, -0.1) is 0 Å². The minimum absolute atomic E-state index is 0.0263. The number of sulfonamides is 1. The molecule has 0 amide bonds. The van der Waals surface area contributed by atoms with E-state index in [4.69, 9.17) is 9.47 Å². The molecular formula is C29H36N6O4S. The summed E-state index contributed by atoms with van der Waals surface area (Å²) in [6.07, 6.45) is 9.24. The Balaban J connectivity index is 1.29. The molecule has 0 radical (unpaired) electrons. The molecular weight excluding hydrogens is 528 g/mol. The number of pyridine rings is 3. The molecule has 1 saturated heterocycles. The highest BCUT2D eigenvalue weighted by Gasteiger charge is 2.23.